The van der Waals surface area contributed by atoms with E-state index in [1.165, 1.54) is 0 Å². The topological polar surface area (TPSA) is 97.4 Å². The SMILES string of the molecule is COc1ccc(Nc2c(-c3ccccc3)nc3c(C(N)=O)c[nH]n23)cc1. The van der Waals surface area contributed by atoms with Gasteiger partial charge in [0, 0.05) is 17.4 Å². The van der Waals surface area contributed by atoms with Crippen LogP contribution in [0.2, 0.25) is 0 Å². The van der Waals surface area contributed by atoms with Crippen molar-refractivity contribution in [2.24, 2.45) is 5.73 Å². The largest absolute Gasteiger partial charge is 0.497 e. The number of H-pyrrole nitrogens is 1. The van der Waals surface area contributed by atoms with E-state index in [2.05, 4.69) is 15.4 Å². The molecule has 0 bridgehead atoms. The number of fused-ring (bicyclic) bond motifs is 1. The second-order valence-corrected chi connectivity index (χ2v) is 5.74. The lowest BCUT2D eigenvalue weighted by Gasteiger charge is -2.09. The van der Waals surface area contributed by atoms with Crippen molar-refractivity contribution in [3.8, 4) is 17.0 Å². The molecule has 0 saturated heterocycles. The van der Waals surface area contributed by atoms with E-state index in [1.54, 1.807) is 17.8 Å². The Kier molecular flexibility index (Phi) is 3.81. The summed E-state index contributed by atoms with van der Waals surface area (Å²) in [5.41, 5.74) is 8.78. The van der Waals surface area contributed by atoms with Gasteiger partial charge in [-0.05, 0) is 24.3 Å². The fraction of sp³-hybridized carbons (Fsp3) is 0.0526. The number of nitrogens with two attached hydrogens (primary N) is 1. The van der Waals surface area contributed by atoms with E-state index in [0.717, 1.165) is 22.7 Å². The Balaban J connectivity index is 1.86. The third kappa shape index (κ3) is 2.65. The first-order valence-electron chi connectivity index (χ1n) is 8.03. The minimum absolute atomic E-state index is 0.338. The number of anilines is 2. The number of carbonyl (C=O) groups excluding carboxylic acids is 1. The van der Waals surface area contributed by atoms with Gasteiger partial charge in [0.15, 0.2) is 11.5 Å². The number of ether oxygens (including phenoxy) is 1. The second-order valence-electron chi connectivity index (χ2n) is 5.74. The minimum atomic E-state index is -0.531. The van der Waals surface area contributed by atoms with E-state index in [1.807, 2.05) is 54.6 Å². The molecule has 0 fully saturated rings. The molecule has 0 radical (unpaired) electrons. The maximum atomic E-state index is 11.7. The van der Waals surface area contributed by atoms with Crippen LogP contribution in [0.15, 0.2) is 60.8 Å². The molecule has 26 heavy (non-hydrogen) atoms. The molecule has 0 aliphatic heterocycles. The second kappa shape index (κ2) is 6.29. The van der Waals surface area contributed by atoms with E-state index in [0.29, 0.717) is 17.0 Å². The number of primary amides is 1. The number of imidazole rings is 1. The molecule has 2 heterocycles. The molecular formula is C19H17N5O2. The molecule has 4 aromatic rings. The number of carbonyl (C=O) groups is 1. The Labute approximate surface area is 149 Å². The number of hydrogen-bond donors (Lipinski definition) is 3. The molecule has 2 aromatic carbocycles. The standard InChI is InChI=1S/C19H17N5O2/c1-26-14-9-7-13(8-10-14)22-19-16(12-5-3-2-4-6-12)23-18-15(17(20)25)11-21-24(18)19/h2-11,21-22H,1H3,(H2,20,25). The third-order valence-corrected chi connectivity index (χ3v) is 4.12. The number of methoxy groups -OCH3 is 1. The van der Waals surface area contributed by atoms with Gasteiger partial charge in [-0.3, -0.25) is 9.89 Å². The molecule has 0 aliphatic rings. The van der Waals surface area contributed by atoms with Gasteiger partial charge >= 0.3 is 0 Å². The zero-order valence-corrected chi connectivity index (χ0v) is 14.1. The van der Waals surface area contributed by atoms with E-state index in [-0.39, 0.29) is 0 Å². The van der Waals surface area contributed by atoms with Gasteiger partial charge in [0.25, 0.3) is 5.91 Å². The average molecular weight is 347 g/mol. The maximum absolute atomic E-state index is 11.7. The van der Waals surface area contributed by atoms with Crippen LogP contribution in [0.4, 0.5) is 11.5 Å². The zero-order chi connectivity index (χ0) is 18.1. The monoisotopic (exact) mass is 347 g/mol. The predicted molar refractivity (Wildman–Crippen MR) is 99.8 cm³/mol. The van der Waals surface area contributed by atoms with Crippen LogP contribution in [0, 0.1) is 0 Å². The van der Waals surface area contributed by atoms with Gasteiger partial charge in [-0.1, -0.05) is 30.3 Å². The molecule has 4 N–H and O–H groups in total. The van der Waals surface area contributed by atoms with Crippen molar-refractivity contribution in [1.29, 1.82) is 0 Å². The van der Waals surface area contributed by atoms with E-state index >= 15 is 0 Å². The van der Waals surface area contributed by atoms with Crippen LogP contribution in [-0.2, 0) is 0 Å². The summed E-state index contributed by atoms with van der Waals surface area (Å²) >= 11 is 0. The molecule has 0 aliphatic carbocycles. The smallest absolute Gasteiger partial charge is 0.254 e. The Morgan fingerprint density at radius 3 is 2.54 bits per heavy atom. The van der Waals surface area contributed by atoms with Crippen molar-refractivity contribution in [3.63, 3.8) is 0 Å². The number of benzene rings is 2. The summed E-state index contributed by atoms with van der Waals surface area (Å²) in [6.45, 7) is 0. The van der Waals surface area contributed by atoms with Gasteiger partial charge in [-0.25, -0.2) is 9.50 Å². The first-order chi connectivity index (χ1) is 12.7. The molecule has 7 heteroatoms. The summed E-state index contributed by atoms with van der Waals surface area (Å²) in [6.07, 6.45) is 1.55. The molecule has 1 amide bonds. The number of aromatic nitrogens is 3. The molecule has 7 nitrogen and oxygen atoms in total. The van der Waals surface area contributed by atoms with Crippen molar-refractivity contribution in [1.82, 2.24) is 14.6 Å². The predicted octanol–water partition coefficient (Wildman–Crippen LogP) is 3.18. The molecule has 2 aromatic heterocycles. The summed E-state index contributed by atoms with van der Waals surface area (Å²) in [5.74, 6) is 0.953. The van der Waals surface area contributed by atoms with Crippen molar-refractivity contribution >= 4 is 23.1 Å². The summed E-state index contributed by atoms with van der Waals surface area (Å²) in [4.78, 5) is 16.3. The lowest BCUT2D eigenvalue weighted by molar-refractivity contribution is 0.100. The van der Waals surface area contributed by atoms with Gasteiger partial charge in [-0.15, -0.1) is 0 Å². The van der Waals surface area contributed by atoms with Gasteiger partial charge in [0.05, 0.1) is 7.11 Å². The van der Waals surface area contributed by atoms with Crippen molar-refractivity contribution in [2.75, 3.05) is 12.4 Å². The Morgan fingerprint density at radius 2 is 1.88 bits per heavy atom. The number of amides is 1. The number of rotatable bonds is 5. The molecule has 0 unspecified atom stereocenters. The lowest BCUT2D eigenvalue weighted by Crippen LogP contribution is -2.10. The highest BCUT2D eigenvalue weighted by Gasteiger charge is 2.20. The Morgan fingerprint density at radius 1 is 1.15 bits per heavy atom. The van der Waals surface area contributed by atoms with Crippen LogP contribution in [0.5, 0.6) is 5.75 Å². The van der Waals surface area contributed by atoms with Gasteiger partial charge in [-0.2, -0.15) is 0 Å². The van der Waals surface area contributed by atoms with Gasteiger partial charge in [0.1, 0.15) is 17.0 Å². The zero-order valence-electron chi connectivity index (χ0n) is 14.1. The Hall–Kier alpha value is -3.74. The van der Waals surface area contributed by atoms with Crippen LogP contribution in [0.1, 0.15) is 10.4 Å². The lowest BCUT2D eigenvalue weighted by atomic mass is 10.1. The number of nitrogens with one attached hydrogen (secondary N) is 2. The molecule has 0 atom stereocenters. The molecule has 4 rings (SSSR count). The highest BCUT2D eigenvalue weighted by Crippen LogP contribution is 2.32. The van der Waals surface area contributed by atoms with E-state index < -0.39 is 5.91 Å². The fourth-order valence-corrected chi connectivity index (χ4v) is 2.83. The summed E-state index contributed by atoms with van der Waals surface area (Å²) < 4.78 is 6.91. The first kappa shape index (κ1) is 15.8. The van der Waals surface area contributed by atoms with Gasteiger partial charge in [0.2, 0.25) is 0 Å². The molecule has 0 saturated carbocycles. The van der Waals surface area contributed by atoms with Gasteiger partial charge < -0.3 is 15.8 Å². The van der Waals surface area contributed by atoms with Crippen molar-refractivity contribution < 1.29 is 9.53 Å². The minimum Gasteiger partial charge on any atom is -0.497 e. The highest BCUT2D eigenvalue weighted by molar-refractivity contribution is 5.99. The van der Waals surface area contributed by atoms with Crippen LogP contribution in [-0.4, -0.2) is 27.6 Å². The Bertz CT molecular complexity index is 1060. The van der Waals surface area contributed by atoms with Crippen molar-refractivity contribution in [3.05, 3.63) is 66.4 Å². The summed E-state index contributed by atoms with van der Waals surface area (Å²) in [6, 6.07) is 17.3. The van der Waals surface area contributed by atoms with E-state index in [9.17, 15) is 4.79 Å². The normalized spacial score (nSPS) is 10.8. The maximum Gasteiger partial charge on any atom is 0.254 e. The van der Waals surface area contributed by atoms with Crippen LogP contribution < -0.4 is 15.8 Å². The fourth-order valence-electron chi connectivity index (χ4n) is 2.83. The number of nitrogens with zero attached hydrogens (tertiary/aromatic N) is 2. The third-order valence-electron chi connectivity index (χ3n) is 4.12. The van der Waals surface area contributed by atoms with Crippen molar-refractivity contribution in [2.45, 2.75) is 0 Å². The van der Waals surface area contributed by atoms with E-state index in [4.69, 9.17) is 10.5 Å². The van der Waals surface area contributed by atoms with Crippen LogP contribution in [0.3, 0.4) is 0 Å². The highest BCUT2D eigenvalue weighted by atomic mass is 16.5. The van der Waals surface area contributed by atoms with Crippen LogP contribution >= 0.6 is 0 Å². The number of hydrogen-bond acceptors (Lipinski definition) is 4. The number of aromatic amines is 1. The average Bonchev–Trinajstić information content (AvgIpc) is 3.23. The molecular weight excluding hydrogens is 330 g/mol. The molecule has 0 spiro atoms. The molecule has 130 valence electrons. The summed E-state index contributed by atoms with van der Waals surface area (Å²) in [5, 5.41) is 6.40. The first-order valence-corrected chi connectivity index (χ1v) is 8.03. The quantitative estimate of drug-likeness (QED) is 0.516. The van der Waals surface area contributed by atoms with Crippen LogP contribution in [0.25, 0.3) is 16.9 Å². The summed E-state index contributed by atoms with van der Waals surface area (Å²) in [7, 11) is 1.63.